The van der Waals surface area contributed by atoms with Gasteiger partial charge in [0, 0.05) is 25.8 Å². The molecule has 8 heteroatoms. The normalized spacial score (nSPS) is 12.3. The molecule has 4 aromatic rings. The third-order valence-corrected chi connectivity index (χ3v) is 6.43. The molecule has 2 atom stereocenters. The van der Waals surface area contributed by atoms with E-state index in [0.29, 0.717) is 17.8 Å². The van der Waals surface area contributed by atoms with Crippen LogP contribution in [0.1, 0.15) is 33.7 Å². The number of pyridine rings is 1. The number of hydrogen-bond donors (Lipinski definition) is 5. The van der Waals surface area contributed by atoms with E-state index in [-0.39, 0.29) is 37.1 Å². The van der Waals surface area contributed by atoms with E-state index in [4.69, 9.17) is 10.8 Å². The van der Waals surface area contributed by atoms with E-state index in [1.807, 2.05) is 54.6 Å². The molecule has 0 saturated carbocycles. The van der Waals surface area contributed by atoms with Crippen molar-refractivity contribution in [2.75, 3.05) is 12.3 Å². The van der Waals surface area contributed by atoms with Gasteiger partial charge in [-0.15, -0.1) is 0 Å². The molecule has 2 unspecified atom stereocenters. The topological polar surface area (TPSA) is 138 Å². The number of amides is 2. The van der Waals surface area contributed by atoms with Crippen molar-refractivity contribution in [1.29, 1.82) is 0 Å². The molecule has 0 fully saturated rings. The summed E-state index contributed by atoms with van der Waals surface area (Å²) in [5.74, 6) is -0.903. The molecule has 8 nitrogen and oxygen atoms in total. The number of rotatable bonds is 11. The highest BCUT2D eigenvalue weighted by atomic mass is 16.3. The Morgan fingerprint density at radius 1 is 0.795 bits per heavy atom. The average molecular weight is 525 g/mol. The summed E-state index contributed by atoms with van der Waals surface area (Å²) in [7, 11) is 0. The van der Waals surface area contributed by atoms with Crippen LogP contribution in [0.4, 0.5) is 5.82 Å². The van der Waals surface area contributed by atoms with Crippen LogP contribution in [0.25, 0.3) is 0 Å². The minimum Gasteiger partial charge on any atom is -0.508 e. The molecular weight excluding hydrogens is 492 g/mol. The van der Waals surface area contributed by atoms with Crippen molar-refractivity contribution in [3.05, 3.63) is 125 Å². The van der Waals surface area contributed by atoms with Gasteiger partial charge in [0.05, 0.1) is 5.92 Å². The second-order valence-electron chi connectivity index (χ2n) is 9.30. The van der Waals surface area contributed by atoms with Crippen LogP contribution in [0.15, 0.2) is 97.2 Å². The van der Waals surface area contributed by atoms with Crippen molar-refractivity contribution < 1.29 is 19.8 Å². The van der Waals surface area contributed by atoms with E-state index in [0.717, 1.165) is 22.3 Å². The van der Waals surface area contributed by atoms with Gasteiger partial charge in [-0.25, -0.2) is 4.98 Å². The maximum absolute atomic E-state index is 13.8. The Morgan fingerprint density at radius 3 is 2.08 bits per heavy atom. The quantitative estimate of drug-likeness (QED) is 0.204. The van der Waals surface area contributed by atoms with Gasteiger partial charge in [0.2, 0.25) is 11.8 Å². The molecule has 200 valence electrons. The molecule has 0 aliphatic heterocycles. The van der Waals surface area contributed by atoms with E-state index in [2.05, 4.69) is 15.6 Å². The summed E-state index contributed by atoms with van der Waals surface area (Å²) in [6.45, 7) is 0.357. The molecule has 0 bridgehead atoms. The maximum Gasteiger partial charge on any atom is 0.243 e. The minimum absolute atomic E-state index is 0.0750. The predicted octanol–water partition coefficient (Wildman–Crippen LogP) is 3.08. The monoisotopic (exact) mass is 524 g/mol. The van der Waals surface area contributed by atoms with Crippen LogP contribution in [0.2, 0.25) is 0 Å². The Labute approximate surface area is 227 Å². The standard InChI is InChI=1S/C31H32N4O4/c32-28-15-10-23(20-33-28)18-27(30(38)34-19-22-8-6-21(7-9-22)16-17-36)35-31(39)29(24-4-2-1-3-5-24)25-11-13-26(37)14-12-25/h1-15,20,27,29,36-37H,16-19H2,(H2,32,33)(H,34,38)(H,35,39). The average Bonchev–Trinajstić information content (AvgIpc) is 2.95. The molecule has 39 heavy (non-hydrogen) atoms. The summed E-state index contributed by atoms with van der Waals surface area (Å²) in [5, 5.41) is 24.8. The number of aliphatic hydroxyl groups excluding tert-OH is 1. The number of aromatic hydroxyl groups is 1. The van der Waals surface area contributed by atoms with Gasteiger partial charge in [-0.05, 0) is 52.4 Å². The van der Waals surface area contributed by atoms with Gasteiger partial charge in [0.15, 0.2) is 0 Å². The fraction of sp³-hybridized carbons (Fsp3) is 0.194. The zero-order valence-corrected chi connectivity index (χ0v) is 21.5. The van der Waals surface area contributed by atoms with Gasteiger partial charge in [-0.2, -0.15) is 0 Å². The van der Waals surface area contributed by atoms with Crippen LogP contribution in [0.5, 0.6) is 5.75 Å². The lowest BCUT2D eigenvalue weighted by molar-refractivity contribution is -0.129. The molecular formula is C31H32N4O4. The molecule has 3 aromatic carbocycles. The maximum atomic E-state index is 13.8. The Kier molecular flexibility index (Phi) is 9.26. The summed E-state index contributed by atoms with van der Waals surface area (Å²) < 4.78 is 0. The lowest BCUT2D eigenvalue weighted by Gasteiger charge is -2.23. The molecule has 0 aliphatic rings. The Morgan fingerprint density at radius 2 is 1.44 bits per heavy atom. The van der Waals surface area contributed by atoms with Crippen LogP contribution < -0.4 is 16.4 Å². The van der Waals surface area contributed by atoms with E-state index in [9.17, 15) is 14.7 Å². The van der Waals surface area contributed by atoms with Gasteiger partial charge >= 0.3 is 0 Å². The SMILES string of the molecule is Nc1ccc(CC(NC(=O)C(c2ccccc2)c2ccc(O)cc2)C(=O)NCc2ccc(CCO)cc2)cn1. The van der Waals surface area contributed by atoms with Crippen LogP contribution in [0, 0.1) is 0 Å². The van der Waals surface area contributed by atoms with Crippen molar-refractivity contribution in [1.82, 2.24) is 15.6 Å². The van der Waals surface area contributed by atoms with Crippen LogP contribution >= 0.6 is 0 Å². The largest absolute Gasteiger partial charge is 0.508 e. The number of phenolic OH excluding ortho intramolecular Hbond substituents is 1. The minimum atomic E-state index is -0.875. The van der Waals surface area contributed by atoms with Crippen LogP contribution in [-0.4, -0.2) is 39.7 Å². The number of nitrogens with one attached hydrogen (secondary N) is 2. The molecule has 0 aliphatic carbocycles. The number of carbonyl (C=O) groups is 2. The van der Waals surface area contributed by atoms with Crippen molar-refractivity contribution in [2.45, 2.75) is 31.3 Å². The van der Waals surface area contributed by atoms with E-state index < -0.39 is 12.0 Å². The fourth-order valence-corrected chi connectivity index (χ4v) is 4.33. The highest BCUT2D eigenvalue weighted by Gasteiger charge is 2.28. The van der Waals surface area contributed by atoms with Crippen molar-refractivity contribution in [2.24, 2.45) is 0 Å². The number of nitrogens with zero attached hydrogens (tertiary/aromatic N) is 1. The zero-order chi connectivity index (χ0) is 27.6. The second-order valence-corrected chi connectivity index (χ2v) is 9.30. The summed E-state index contributed by atoms with van der Waals surface area (Å²) in [4.78, 5) is 31.3. The van der Waals surface area contributed by atoms with Gasteiger partial charge in [-0.1, -0.05) is 72.8 Å². The molecule has 0 radical (unpaired) electrons. The third kappa shape index (κ3) is 7.66. The molecule has 0 spiro atoms. The smallest absolute Gasteiger partial charge is 0.243 e. The van der Waals surface area contributed by atoms with Crippen molar-refractivity contribution in [3.63, 3.8) is 0 Å². The van der Waals surface area contributed by atoms with Gasteiger partial charge in [0.1, 0.15) is 17.6 Å². The van der Waals surface area contributed by atoms with Crippen molar-refractivity contribution in [3.8, 4) is 5.75 Å². The highest BCUT2D eigenvalue weighted by Crippen LogP contribution is 2.27. The summed E-state index contributed by atoms with van der Waals surface area (Å²) >= 11 is 0. The van der Waals surface area contributed by atoms with Crippen LogP contribution in [-0.2, 0) is 29.0 Å². The number of carbonyl (C=O) groups excluding carboxylic acids is 2. The van der Waals surface area contributed by atoms with Gasteiger partial charge in [-0.3, -0.25) is 9.59 Å². The molecule has 6 N–H and O–H groups in total. The molecule has 4 rings (SSSR count). The van der Waals surface area contributed by atoms with E-state index in [1.54, 1.807) is 30.5 Å². The van der Waals surface area contributed by atoms with E-state index >= 15 is 0 Å². The van der Waals surface area contributed by atoms with Gasteiger partial charge < -0.3 is 26.6 Å². The summed E-state index contributed by atoms with van der Waals surface area (Å²) in [6, 6.07) is 26.0. The number of anilines is 1. The molecule has 0 saturated heterocycles. The first-order valence-corrected chi connectivity index (χ1v) is 12.7. The third-order valence-electron chi connectivity index (χ3n) is 6.43. The summed E-state index contributed by atoms with van der Waals surface area (Å²) in [5.41, 5.74) is 9.83. The molecule has 1 heterocycles. The fourth-order valence-electron chi connectivity index (χ4n) is 4.33. The number of aliphatic hydroxyl groups is 1. The molecule has 2 amide bonds. The predicted molar refractivity (Wildman–Crippen MR) is 150 cm³/mol. The first-order chi connectivity index (χ1) is 18.9. The lowest BCUT2D eigenvalue weighted by atomic mass is 9.90. The van der Waals surface area contributed by atoms with Crippen LogP contribution in [0.3, 0.4) is 0 Å². The zero-order valence-electron chi connectivity index (χ0n) is 21.5. The first-order valence-electron chi connectivity index (χ1n) is 12.7. The van der Waals surface area contributed by atoms with Gasteiger partial charge in [0.25, 0.3) is 0 Å². The Bertz CT molecular complexity index is 1360. The van der Waals surface area contributed by atoms with Crippen molar-refractivity contribution >= 4 is 17.6 Å². The molecule has 1 aromatic heterocycles. The lowest BCUT2D eigenvalue weighted by Crippen LogP contribution is -2.49. The number of benzene rings is 3. The first kappa shape index (κ1) is 27.3. The highest BCUT2D eigenvalue weighted by molar-refractivity contribution is 5.92. The second kappa shape index (κ2) is 13.2. The number of nitrogens with two attached hydrogens (primary N) is 1. The summed E-state index contributed by atoms with van der Waals surface area (Å²) in [6.07, 6.45) is 2.38. The number of hydrogen-bond acceptors (Lipinski definition) is 6. The Hall–Kier alpha value is -4.69. The number of nitrogen functional groups attached to an aromatic ring is 1. The Balaban J connectivity index is 1.55. The van der Waals surface area contributed by atoms with E-state index in [1.165, 1.54) is 12.1 Å². The number of phenols is 1. The number of aromatic nitrogens is 1.